The van der Waals surface area contributed by atoms with Gasteiger partial charge in [0.1, 0.15) is 6.10 Å². The number of benzene rings is 1. The molecule has 1 saturated heterocycles. The van der Waals surface area contributed by atoms with Crippen LogP contribution in [-0.2, 0) is 9.53 Å². The topological polar surface area (TPSA) is 41.6 Å². The highest BCUT2D eigenvalue weighted by Crippen LogP contribution is 2.20. The minimum atomic E-state index is -0.252. The van der Waals surface area contributed by atoms with Gasteiger partial charge in [0.25, 0.3) is 0 Å². The van der Waals surface area contributed by atoms with E-state index in [9.17, 15) is 4.79 Å². The standard InChI is InChI=1S/C17H26N2O2/c1-3-19(4-2)15(14-9-6-5-7-10-14)13-18-17(20)16-11-8-12-21-16/h5-7,9-10,15-16H,3-4,8,11-13H2,1-2H3,(H,18,20)/t15-,16-/m1/s1. The summed E-state index contributed by atoms with van der Waals surface area (Å²) in [6.07, 6.45) is 1.57. The molecule has 1 amide bonds. The molecule has 4 nitrogen and oxygen atoms in total. The number of carbonyl (C=O) groups excluding carboxylic acids is 1. The van der Waals surface area contributed by atoms with Crippen molar-refractivity contribution in [3.05, 3.63) is 35.9 Å². The molecule has 1 heterocycles. The third kappa shape index (κ3) is 4.29. The molecule has 1 N–H and O–H groups in total. The molecule has 0 radical (unpaired) electrons. The number of likely N-dealkylation sites (N-methyl/N-ethyl adjacent to an activating group) is 1. The van der Waals surface area contributed by atoms with Gasteiger partial charge in [0, 0.05) is 13.2 Å². The summed E-state index contributed by atoms with van der Waals surface area (Å²) in [4.78, 5) is 14.5. The first-order chi connectivity index (χ1) is 10.3. The Kier molecular flexibility index (Phi) is 6.21. The number of nitrogens with one attached hydrogen (secondary N) is 1. The van der Waals surface area contributed by atoms with E-state index >= 15 is 0 Å². The van der Waals surface area contributed by atoms with Crippen LogP contribution in [-0.4, -0.2) is 43.2 Å². The van der Waals surface area contributed by atoms with Gasteiger partial charge in [0.2, 0.25) is 5.91 Å². The number of amides is 1. The van der Waals surface area contributed by atoms with Crippen LogP contribution >= 0.6 is 0 Å². The maximum atomic E-state index is 12.1. The summed E-state index contributed by atoms with van der Waals surface area (Å²) in [6.45, 7) is 7.57. The predicted octanol–water partition coefficient (Wildman–Crippen LogP) is 2.36. The van der Waals surface area contributed by atoms with Crippen molar-refractivity contribution >= 4 is 5.91 Å². The van der Waals surface area contributed by atoms with Crippen molar-refractivity contribution in [3.63, 3.8) is 0 Å². The number of carbonyl (C=O) groups is 1. The minimum absolute atomic E-state index is 0.0283. The molecule has 4 heteroatoms. The highest BCUT2D eigenvalue weighted by Gasteiger charge is 2.25. The lowest BCUT2D eigenvalue weighted by molar-refractivity contribution is -0.130. The summed E-state index contributed by atoms with van der Waals surface area (Å²) >= 11 is 0. The Morgan fingerprint density at radius 1 is 1.33 bits per heavy atom. The first kappa shape index (κ1) is 16.0. The van der Waals surface area contributed by atoms with Crippen molar-refractivity contribution in [2.24, 2.45) is 0 Å². The third-order valence-corrected chi connectivity index (χ3v) is 4.13. The second-order valence-corrected chi connectivity index (χ2v) is 5.39. The van der Waals surface area contributed by atoms with Crippen LogP contribution in [0.15, 0.2) is 30.3 Å². The van der Waals surface area contributed by atoms with Gasteiger partial charge >= 0.3 is 0 Å². The number of hydrogen-bond acceptors (Lipinski definition) is 3. The second kappa shape index (κ2) is 8.15. The van der Waals surface area contributed by atoms with Crippen LogP contribution in [0.25, 0.3) is 0 Å². The van der Waals surface area contributed by atoms with E-state index in [1.54, 1.807) is 0 Å². The van der Waals surface area contributed by atoms with Crippen LogP contribution in [0.3, 0.4) is 0 Å². The molecule has 2 rings (SSSR count). The fraction of sp³-hybridized carbons (Fsp3) is 0.588. The quantitative estimate of drug-likeness (QED) is 0.838. The Labute approximate surface area is 127 Å². The SMILES string of the molecule is CCN(CC)[C@H](CNC(=O)[C@H]1CCCO1)c1ccccc1. The van der Waals surface area contributed by atoms with E-state index in [2.05, 4.69) is 36.2 Å². The molecule has 0 aromatic heterocycles. The highest BCUT2D eigenvalue weighted by molar-refractivity contribution is 5.81. The predicted molar refractivity (Wildman–Crippen MR) is 84.1 cm³/mol. The number of nitrogens with zero attached hydrogens (tertiary/aromatic N) is 1. The third-order valence-electron chi connectivity index (χ3n) is 4.13. The Hall–Kier alpha value is -1.39. The van der Waals surface area contributed by atoms with Gasteiger partial charge in [0.05, 0.1) is 6.04 Å². The average Bonchev–Trinajstić information content (AvgIpc) is 3.06. The molecule has 21 heavy (non-hydrogen) atoms. The van der Waals surface area contributed by atoms with Crippen molar-refractivity contribution in [1.82, 2.24) is 10.2 Å². The van der Waals surface area contributed by atoms with Crippen molar-refractivity contribution < 1.29 is 9.53 Å². The average molecular weight is 290 g/mol. The molecule has 0 bridgehead atoms. The summed E-state index contributed by atoms with van der Waals surface area (Å²) < 4.78 is 5.44. The van der Waals surface area contributed by atoms with Crippen molar-refractivity contribution in [2.45, 2.75) is 38.8 Å². The Bertz CT molecular complexity index is 426. The van der Waals surface area contributed by atoms with Gasteiger partial charge in [-0.05, 0) is 31.5 Å². The van der Waals surface area contributed by atoms with Crippen LogP contribution in [0.5, 0.6) is 0 Å². The van der Waals surface area contributed by atoms with Crippen LogP contribution < -0.4 is 5.32 Å². The maximum Gasteiger partial charge on any atom is 0.249 e. The van der Waals surface area contributed by atoms with Crippen LogP contribution in [0, 0.1) is 0 Å². The molecular formula is C17H26N2O2. The van der Waals surface area contributed by atoms with Crippen molar-refractivity contribution in [3.8, 4) is 0 Å². The van der Waals surface area contributed by atoms with Gasteiger partial charge in [-0.25, -0.2) is 0 Å². The zero-order chi connectivity index (χ0) is 15.1. The van der Waals surface area contributed by atoms with E-state index < -0.39 is 0 Å². The molecule has 1 fully saturated rings. The molecule has 0 spiro atoms. The second-order valence-electron chi connectivity index (χ2n) is 5.39. The Morgan fingerprint density at radius 3 is 2.62 bits per heavy atom. The summed E-state index contributed by atoms with van der Waals surface area (Å²) in [5.41, 5.74) is 1.24. The van der Waals surface area contributed by atoms with Gasteiger partial charge in [0.15, 0.2) is 0 Å². The zero-order valence-corrected chi connectivity index (χ0v) is 13.0. The highest BCUT2D eigenvalue weighted by atomic mass is 16.5. The van der Waals surface area contributed by atoms with Gasteiger partial charge in [-0.3, -0.25) is 9.69 Å². The minimum Gasteiger partial charge on any atom is -0.368 e. The lowest BCUT2D eigenvalue weighted by Gasteiger charge is -2.30. The molecule has 1 aromatic rings. The van der Waals surface area contributed by atoms with Gasteiger partial charge < -0.3 is 10.1 Å². The van der Waals surface area contributed by atoms with E-state index in [-0.39, 0.29) is 18.1 Å². The fourth-order valence-corrected chi connectivity index (χ4v) is 2.89. The molecule has 0 unspecified atom stereocenters. The molecule has 1 aromatic carbocycles. The molecule has 0 aliphatic carbocycles. The number of ether oxygens (including phenoxy) is 1. The van der Waals surface area contributed by atoms with E-state index in [1.807, 2.05) is 18.2 Å². The number of rotatable bonds is 7. The molecule has 0 saturated carbocycles. The molecule has 1 aliphatic heterocycles. The van der Waals surface area contributed by atoms with Crippen molar-refractivity contribution in [2.75, 3.05) is 26.2 Å². The first-order valence-electron chi connectivity index (χ1n) is 7.94. The molecule has 2 atom stereocenters. The van der Waals surface area contributed by atoms with Crippen LogP contribution in [0.1, 0.15) is 38.3 Å². The lowest BCUT2D eigenvalue weighted by Crippen LogP contribution is -2.41. The van der Waals surface area contributed by atoms with E-state index in [1.165, 1.54) is 5.56 Å². The lowest BCUT2D eigenvalue weighted by atomic mass is 10.0. The van der Waals surface area contributed by atoms with Crippen LogP contribution in [0.2, 0.25) is 0 Å². The summed E-state index contributed by atoms with van der Waals surface area (Å²) in [5.74, 6) is 0.0283. The maximum absolute atomic E-state index is 12.1. The normalized spacial score (nSPS) is 19.7. The van der Waals surface area contributed by atoms with Crippen LogP contribution in [0.4, 0.5) is 0 Å². The Balaban J connectivity index is 2.00. The summed E-state index contributed by atoms with van der Waals surface area (Å²) in [7, 11) is 0. The van der Waals surface area contributed by atoms with E-state index in [4.69, 9.17) is 4.74 Å². The fourth-order valence-electron chi connectivity index (χ4n) is 2.89. The monoisotopic (exact) mass is 290 g/mol. The summed E-state index contributed by atoms with van der Waals surface area (Å²) in [6, 6.07) is 10.6. The van der Waals surface area contributed by atoms with Gasteiger partial charge in [-0.2, -0.15) is 0 Å². The van der Waals surface area contributed by atoms with Crippen molar-refractivity contribution in [1.29, 1.82) is 0 Å². The number of hydrogen-bond donors (Lipinski definition) is 1. The van der Waals surface area contributed by atoms with E-state index in [0.29, 0.717) is 13.2 Å². The smallest absolute Gasteiger partial charge is 0.249 e. The largest absolute Gasteiger partial charge is 0.368 e. The molecule has 116 valence electrons. The van der Waals surface area contributed by atoms with Gasteiger partial charge in [-0.1, -0.05) is 44.2 Å². The first-order valence-corrected chi connectivity index (χ1v) is 7.94. The summed E-state index contributed by atoms with van der Waals surface area (Å²) in [5, 5.41) is 3.07. The Morgan fingerprint density at radius 2 is 2.05 bits per heavy atom. The molecule has 1 aliphatic rings. The van der Waals surface area contributed by atoms with Gasteiger partial charge in [-0.15, -0.1) is 0 Å². The molecular weight excluding hydrogens is 264 g/mol. The zero-order valence-electron chi connectivity index (χ0n) is 13.0. The van der Waals surface area contributed by atoms with E-state index in [0.717, 1.165) is 25.9 Å².